The molecule has 17 atom stereocenters. The number of allylic oxidation sites excluding steroid dienone is 11. The lowest BCUT2D eigenvalue weighted by molar-refractivity contribution is -0.379. The van der Waals surface area contributed by atoms with Crippen LogP contribution in [0.4, 0.5) is 0 Å². The first-order chi connectivity index (χ1) is 39.8. The Bertz CT molecular complexity index is 1780. The van der Waals surface area contributed by atoms with E-state index in [1.54, 1.807) is 6.08 Å². The molecule has 0 saturated carbocycles. The molecule has 0 aromatic rings. The van der Waals surface area contributed by atoms with E-state index < -0.39 is 124 Å². The Kier molecular flexibility index (Phi) is 40.8. The van der Waals surface area contributed by atoms with Gasteiger partial charge < -0.3 is 89.9 Å². The Balaban J connectivity index is 1.42. The molecule has 1 amide bonds. The minimum atomic E-state index is -1.98. The van der Waals surface area contributed by atoms with E-state index in [1.807, 2.05) is 6.08 Å². The third kappa shape index (κ3) is 28.6. The van der Waals surface area contributed by atoms with Crippen LogP contribution < -0.4 is 5.32 Å². The fourth-order valence-corrected chi connectivity index (χ4v) is 10.2. The van der Waals surface area contributed by atoms with Gasteiger partial charge in [0.1, 0.15) is 73.2 Å². The smallest absolute Gasteiger partial charge is 0.220 e. The molecular weight excluding hydrogens is 1060 g/mol. The highest BCUT2D eigenvalue weighted by Crippen LogP contribution is 2.33. The van der Waals surface area contributed by atoms with E-state index in [9.17, 15) is 61.0 Å². The minimum Gasteiger partial charge on any atom is -0.394 e. The number of hydrogen-bond donors (Lipinski definition) is 12. The van der Waals surface area contributed by atoms with Gasteiger partial charge in [0.2, 0.25) is 5.91 Å². The minimum absolute atomic E-state index is 0.235. The van der Waals surface area contributed by atoms with Crippen molar-refractivity contribution in [2.24, 2.45) is 0 Å². The largest absolute Gasteiger partial charge is 0.394 e. The molecular formula is C63H109NO18. The fourth-order valence-electron chi connectivity index (χ4n) is 10.2. The molecule has 17 unspecified atom stereocenters. The highest BCUT2D eigenvalue weighted by Gasteiger charge is 2.53. The number of rotatable bonds is 45. The summed E-state index contributed by atoms with van der Waals surface area (Å²) in [6.45, 7) is 1.56. The lowest BCUT2D eigenvalue weighted by Crippen LogP contribution is -2.66. The van der Waals surface area contributed by atoms with Crippen molar-refractivity contribution >= 4 is 5.91 Å². The van der Waals surface area contributed by atoms with E-state index >= 15 is 0 Å². The summed E-state index contributed by atoms with van der Waals surface area (Å²) in [6, 6.07) is -0.976. The summed E-state index contributed by atoms with van der Waals surface area (Å²) in [5, 5.41) is 120. The zero-order chi connectivity index (χ0) is 59.7. The molecule has 82 heavy (non-hydrogen) atoms. The number of ether oxygens (including phenoxy) is 6. The summed E-state index contributed by atoms with van der Waals surface area (Å²) >= 11 is 0. The van der Waals surface area contributed by atoms with Crippen LogP contribution in [-0.4, -0.2) is 193 Å². The van der Waals surface area contributed by atoms with Crippen LogP contribution in [0.1, 0.15) is 187 Å². The lowest BCUT2D eigenvalue weighted by Gasteiger charge is -2.48. The number of carbonyl (C=O) groups excluding carboxylic acids is 1. The van der Waals surface area contributed by atoms with Gasteiger partial charge in [-0.2, -0.15) is 0 Å². The zero-order valence-electron chi connectivity index (χ0n) is 49.4. The third-order valence-electron chi connectivity index (χ3n) is 15.3. The van der Waals surface area contributed by atoms with Gasteiger partial charge in [0.15, 0.2) is 18.9 Å². The summed E-state index contributed by atoms with van der Waals surface area (Å²) in [5.41, 5.74) is 0. The molecule has 3 saturated heterocycles. The Morgan fingerprint density at radius 2 is 0.841 bits per heavy atom. The average Bonchev–Trinajstić information content (AvgIpc) is 3.64. The number of amides is 1. The number of carbonyl (C=O) groups is 1. The number of aliphatic hydroxyl groups is 11. The van der Waals surface area contributed by atoms with Crippen molar-refractivity contribution in [3.8, 4) is 0 Å². The summed E-state index contributed by atoms with van der Waals surface area (Å²) in [4.78, 5) is 13.3. The maximum absolute atomic E-state index is 13.3. The number of unbranched alkanes of at least 4 members (excludes halogenated alkanes) is 19. The molecule has 3 aliphatic heterocycles. The molecule has 0 aliphatic carbocycles. The Morgan fingerprint density at radius 3 is 1.32 bits per heavy atom. The first-order valence-corrected chi connectivity index (χ1v) is 31.2. The second-order valence-electron chi connectivity index (χ2n) is 22.1. The molecule has 3 heterocycles. The van der Waals surface area contributed by atoms with Gasteiger partial charge in [0.25, 0.3) is 0 Å². The molecule has 0 aromatic heterocycles. The Labute approximate surface area is 489 Å². The van der Waals surface area contributed by atoms with Gasteiger partial charge in [-0.15, -0.1) is 0 Å². The van der Waals surface area contributed by atoms with Gasteiger partial charge in [-0.05, 0) is 64.2 Å². The molecule has 19 nitrogen and oxygen atoms in total. The molecule has 3 fully saturated rings. The van der Waals surface area contributed by atoms with E-state index in [0.717, 1.165) is 89.9 Å². The average molecular weight is 1170 g/mol. The van der Waals surface area contributed by atoms with E-state index in [1.165, 1.54) is 70.6 Å². The van der Waals surface area contributed by atoms with E-state index in [4.69, 9.17) is 28.4 Å². The summed E-state index contributed by atoms with van der Waals surface area (Å²) < 4.78 is 34.2. The van der Waals surface area contributed by atoms with Gasteiger partial charge in [-0.3, -0.25) is 4.79 Å². The Morgan fingerprint density at radius 1 is 0.451 bits per heavy atom. The number of nitrogens with one attached hydrogen (secondary N) is 1. The van der Waals surface area contributed by atoms with Gasteiger partial charge in [0.05, 0.1) is 38.6 Å². The summed E-state index contributed by atoms with van der Waals surface area (Å²) in [6.07, 6.45) is 27.5. The standard InChI is InChI=1S/C63H109NO18/c1-3-5-7-9-11-13-15-16-17-18-19-20-21-22-23-24-25-26-27-28-29-30-31-33-35-37-39-41-51(69)64-46(47(68)40-38-36-34-32-14-12-10-8-6-4-2)45-77-61-57(75)54(72)59(49(43-66)79-61)82-63-58(76)55(73)60(50(44-67)80-63)81-62-56(74)53(71)52(70)48(42-65)78-62/h5,7,11,13,16-17,19-20,22-23,38,40,46-50,52-63,65-68,70-76H,3-4,6,8-10,12,14-15,18,21,24-37,39,41-45H2,1-2H3,(H,64,69)/b7-5-,13-11-,17-16-,20-19-,23-22-,40-38+. The van der Waals surface area contributed by atoms with Gasteiger partial charge in [-0.1, -0.05) is 189 Å². The van der Waals surface area contributed by atoms with Crippen molar-refractivity contribution in [1.29, 1.82) is 0 Å². The van der Waals surface area contributed by atoms with Crippen LogP contribution in [0, 0.1) is 0 Å². The molecule has 3 rings (SSSR count). The number of hydrogen-bond acceptors (Lipinski definition) is 18. The van der Waals surface area contributed by atoms with Crippen molar-refractivity contribution in [2.45, 2.75) is 291 Å². The van der Waals surface area contributed by atoms with E-state index in [0.29, 0.717) is 6.42 Å². The van der Waals surface area contributed by atoms with Crippen molar-refractivity contribution in [2.75, 3.05) is 26.4 Å². The van der Waals surface area contributed by atoms with Crippen molar-refractivity contribution in [3.05, 3.63) is 72.9 Å². The van der Waals surface area contributed by atoms with Crippen LogP contribution in [0.15, 0.2) is 72.9 Å². The Hall–Kier alpha value is -2.77. The number of aliphatic hydroxyl groups excluding tert-OH is 11. The molecule has 0 aromatic carbocycles. The molecule has 0 spiro atoms. The third-order valence-corrected chi connectivity index (χ3v) is 15.3. The lowest BCUT2D eigenvalue weighted by atomic mass is 9.96. The SMILES string of the molecule is CC/C=C\C/C=C\C/C=C\C/C=C\C/C=C\CCCCCCCCCCCCCC(=O)NC(COC1OC(CO)C(OC2OC(CO)C(OC3OC(CO)C(O)C(O)C3O)C(O)C2O)C(O)C1O)C(O)/C=C/CCCCCCCCCC. The van der Waals surface area contributed by atoms with E-state index in [-0.39, 0.29) is 18.9 Å². The van der Waals surface area contributed by atoms with Crippen molar-refractivity contribution < 1.29 is 89.4 Å². The molecule has 12 N–H and O–H groups in total. The molecule has 0 radical (unpaired) electrons. The van der Waals surface area contributed by atoms with Gasteiger partial charge in [-0.25, -0.2) is 0 Å². The predicted octanol–water partition coefficient (Wildman–Crippen LogP) is 6.21. The van der Waals surface area contributed by atoms with Crippen LogP contribution in [-0.2, 0) is 33.2 Å². The molecule has 474 valence electrons. The van der Waals surface area contributed by atoms with Crippen LogP contribution >= 0.6 is 0 Å². The highest BCUT2D eigenvalue weighted by molar-refractivity contribution is 5.76. The van der Waals surface area contributed by atoms with Crippen LogP contribution in [0.5, 0.6) is 0 Å². The topological polar surface area (TPSA) is 307 Å². The highest BCUT2D eigenvalue weighted by atomic mass is 16.8. The maximum atomic E-state index is 13.3. The fraction of sp³-hybridized carbons (Fsp3) is 0.794. The van der Waals surface area contributed by atoms with Crippen LogP contribution in [0.2, 0.25) is 0 Å². The normalized spacial score (nSPS) is 30.1. The van der Waals surface area contributed by atoms with Crippen LogP contribution in [0.25, 0.3) is 0 Å². The van der Waals surface area contributed by atoms with E-state index in [2.05, 4.69) is 79.9 Å². The molecule has 0 bridgehead atoms. The predicted molar refractivity (Wildman–Crippen MR) is 314 cm³/mol. The van der Waals surface area contributed by atoms with Crippen LogP contribution in [0.3, 0.4) is 0 Å². The van der Waals surface area contributed by atoms with Gasteiger partial charge >= 0.3 is 0 Å². The first-order valence-electron chi connectivity index (χ1n) is 31.2. The first kappa shape index (κ1) is 73.5. The second kappa shape index (κ2) is 45.5. The van der Waals surface area contributed by atoms with Gasteiger partial charge in [0, 0.05) is 6.42 Å². The molecule has 3 aliphatic rings. The van der Waals surface area contributed by atoms with Crippen molar-refractivity contribution in [3.63, 3.8) is 0 Å². The second-order valence-corrected chi connectivity index (χ2v) is 22.1. The maximum Gasteiger partial charge on any atom is 0.220 e. The summed E-state index contributed by atoms with van der Waals surface area (Å²) in [5.74, 6) is -0.285. The summed E-state index contributed by atoms with van der Waals surface area (Å²) in [7, 11) is 0. The zero-order valence-corrected chi connectivity index (χ0v) is 49.4. The van der Waals surface area contributed by atoms with Crippen molar-refractivity contribution in [1.82, 2.24) is 5.32 Å². The monoisotopic (exact) mass is 1170 g/mol. The molecule has 19 heteroatoms. The quantitative estimate of drug-likeness (QED) is 0.0238.